The molecule has 1 aliphatic carbocycles. The molecule has 2 aromatic rings. The lowest BCUT2D eigenvalue weighted by Crippen LogP contribution is -2.59. The summed E-state index contributed by atoms with van der Waals surface area (Å²) < 4.78 is 1.87. The van der Waals surface area contributed by atoms with Gasteiger partial charge in [0.2, 0.25) is 5.91 Å². The molecule has 1 saturated carbocycles. The monoisotopic (exact) mass is 333 g/mol. The van der Waals surface area contributed by atoms with Crippen molar-refractivity contribution in [2.45, 2.75) is 37.1 Å². The van der Waals surface area contributed by atoms with Gasteiger partial charge >= 0.3 is 5.97 Å². The summed E-state index contributed by atoms with van der Waals surface area (Å²) in [6, 6.07) is 7.66. The molecular weight excluding hydrogens is 314 g/mol. The minimum atomic E-state index is -1.08. The van der Waals surface area contributed by atoms with E-state index in [4.69, 9.17) is 0 Å². The Morgan fingerprint density at radius 1 is 1.39 bits per heavy atom. The molecule has 1 aliphatic rings. The van der Waals surface area contributed by atoms with Crippen LogP contribution in [0.4, 0.5) is 0 Å². The van der Waals surface area contributed by atoms with Gasteiger partial charge in [-0.15, -0.1) is 0 Å². The number of para-hydroxylation sites is 2. The largest absolute Gasteiger partial charge is 0.480 e. The summed E-state index contributed by atoms with van der Waals surface area (Å²) in [5, 5.41) is 12.0. The number of nitrogens with one attached hydrogen (secondary N) is 1. The lowest BCUT2D eigenvalue weighted by Gasteiger charge is -2.38. The molecule has 1 heterocycles. The van der Waals surface area contributed by atoms with Crippen molar-refractivity contribution in [2.24, 2.45) is 0 Å². The minimum absolute atomic E-state index is 0.0887. The zero-order valence-corrected chi connectivity index (χ0v) is 13.7. The minimum Gasteiger partial charge on any atom is -0.480 e. The normalized spacial score (nSPS) is 16.0. The number of imidazole rings is 1. The van der Waals surface area contributed by atoms with E-state index in [-0.39, 0.29) is 12.5 Å². The number of aromatic nitrogens is 2. The van der Waals surface area contributed by atoms with E-state index in [0.717, 1.165) is 23.3 Å². The topological polar surface area (TPSA) is 84.2 Å². The third-order valence-corrected chi connectivity index (χ3v) is 4.85. The van der Waals surface area contributed by atoms with Crippen molar-refractivity contribution in [1.82, 2.24) is 14.9 Å². The number of amides is 1. The Morgan fingerprint density at radius 2 is 2.13 bits per heavy atom. The molecule has 1 fully saturated rings. The molecule has 3 rings (SSSR count). The van der Waals surface area contributed by atoms with Crippen molar-refractivity contribution in [3.8, 4) is 0 Å². The number of carbonyl (C=O) groups is 2. The Bertz CT molecular complexity index is 752. The molecule has 1 amide bonds. The number of hydrogen-bond donors (Lipinski definition) is 2. The number of aliphatic carboxylic acids is 1. The molecule has 122 valence electrons. The van der Waals surface area contributed by atoms with Gasteiger partial charge < -0.3 is 15.0 Å². The molecule has 0 atom stereocenters. The quantitative estimate of drug-likeness (QED) is 0.845. The highest BCUT2D eigenvalue weighted by atomic mass is 32.2. The fraction of sp³-hybridized carbons (Fsp3) is 0.438. The second-order valence-corrected chi connectivity index (χ2v) is 6.69. The zero-order valence-electron chi connectivity index (χ0n) is 12.9. The highest BCUT2D eigenvalue weighted by molar-refractivity contribution is 7.97. The number of benzene rings is 1. The average molecular weight is 333 g/mol. The van der Waals surface area contributed by atoms with Crippen LogP contribution in [0.3, 0.4) is 0 Å². The van der Waals surface area contributed by atoms with Crippen LogP contribution in [0.1, 0.15) is 25.1 Å². The summed E-state index contributed by atoms with van der Waals surface area (Å²) in [5.74, 6) is 0.299. The van der Waals surface area contributed by atoms with Crippen molar-refractivity contribution in [1.29, 1.82) is 0 Å². The number of carboxylic acid groups (broad SMARTS) is 1. The second kappa shape index (κ2) is 6.23. The van der Waals surface area contributed by atoms with Gasteiger partial charge in [-0.25, -0.2) is 9.78 Å². The zero-order chi connectivity index (χ0) is 16.4. The number of rotatable bonds is 6. The first-order valence-corrected chi connectivity index (χ1v) is 8.92. The summed E-state index contributed by atoms with van der Waals surface area (Å²) in [6.07, 6.45) is 3.81. The predicted octanol–water partition coefficient (Wildman–Crippen LogP) is 2.02. The Balaban J connectivity index is 1.84. The van der Waals surface area contributed by atoms with E-state index in [9.17, 15) is 14.7 Å². The second-order valence-electron chi connectivity index (χ2n) is 5.82. The van der Waals surface area contributed by atoms with E-state index in [0.29, 0.717) is 18.6 Å². The number of fused-ring (bicyclic) bond motifs is 1. The Kier molecular flexibility index (Phi) is 4.30. The third kappa shape index (κ3) is 2.93. The Labute approximate surface area is 138 Å². The first kappa shape index (κ1) is 15.9. The maximum atomic E-state index is 12.4. The van der Waals surface area contributed by atoms with Crippen molar-refractivity contribution in [3.05, 3.63) is 30.1 Å². The average Bonchev–Trinajstić information content (AvgIpc) is 2.81. The van der Waals surface area contributed by atoms with Gasteiger partial charge in [-0.1, -0.05) is 12.1 Å². The van der Waals surface area contributed by atoms with Crippen molar-refractivity contribution < 1.29 is 14.7 Å². The molecule has 0 bridgehead atoms. The van der Waals surface area contributed by atoms with Crippen LogP contribution in [-0.2, 0) is 21.9 Å². The van der Waals surface area contributed by atoms with Crippen LogP contribution >= 0.6 is 11.8 Å². The molecular formula is C16H19N3O3S. The summed E-state index contributed by atoms with van der Waals surface area (Å²) in [5.41, 5.74) is 0.665. The van der Waals surface area contributed by atoms with Crippen LogP contribution in [0.2, 0.25) is 0 Å². The maximum absolute atomic E-state index is 12.4. The summed E-state index contributed by atoms with van der Waals surface area (Å²) >= 11 is 1.64. The molecule has 0 radical (unpaired) electrons. The number of carboxylic acids is 1. The molecule has 7 heteroatoms. The number of hydrogen-bond acceptors (Lipinski definition) is 4. The standard InChI is InChI=1S/C16H19N3O3S/c1-23-10-13-17-11-5-2-3-6-12(11)19(13)9-14(20)18-16(15(21)22)7-4-8-16/h2-3,5-6H,4,7-10H2,1H3,(H,18,20)(H,21,22). The SMILES string of the molecule is CSCc1nc2ccccc2n1CC(=O)NC1(C(=O)O)CCC1. The van der Waals surface area contributed by atoms with Crippen molar-refractivity contribution in [3.63, 3.8) is 0 Å². The molecule has 23 heavy (non-hydrogen) atoms. The van der Waals surface area contributed by atoms with E-state index in [2.05, 4.69) is 10.3 Å². The van der Waals surface area contributed by atoms with Gasteiger partial charge in [-0.2, -0.15) is 11.8 Å². The third-order valence-electron chi connectivity index (χ3n) is 4.30. The van der Waals surface area contributed by atoms with E-state index in [1.807, 2.05) is 35.1 Å². The predicted molar refractivity (Wildman–Crippen MR) is 89.3 cm³/mol. The molecule has 1 aromatic heterocycles. The maximum Gasteiger partial charge on any atom is 0.329 e. The Hall–Kier alpha value is -2.02. The van der Waals surface area contributed by atoms with Crippen LogP contribution < -0.4 is 5.32 Å². The number of nitrogens with zero attached hydrogens (tertiary/aromatic N) is 2. The fourth-order valence-electron chi connectivity index (χ4n) is 2.91. The van der Waals surface area contributed by atoms with Crippen LogP contribution in [0.5, 0.6) is 0 Å². The number of thioether (sulfide) groups is 1. The van der Waals surface area contributed by atoms with Crippen LogP contribution in [-0.4, -0.2) is 38.3 Å². The molecule has 0 aliphatic heterocycles. The van der Waals surface area contributed by atoms with Gasteiger partial charge in [0, 0.05) is 0 Å². The van der Waals surface area contributed by atoms with E-state index >= 15 is 0 Å². The first-order valence-electron chi connectivity index (χ1n) is 7.53. The van der Waals surface area contributed by atoms with Gasteiger partial charge in [0.15, 0.2) is 0 Å². The van der Waals surface area contributed by atoms with Gasteiger partial charge in [-0.3, -0.25) is 4.79 Å². The highest BCUT2D eigenvalue weighted by Gasteiger charge is 2.45. The molecule has 0 unspecified atom stereocenters. The van der Waals surface area contributed by atoms with Crippen molar-refractivity contribution in [2.75, 3.05) is 6.26 Å². The molecule has 6 nitrogen and oxygen atoms in total. The van der Waals surface area contributed by atoms with E-state index in [1.165, 1.54) is 0 Å². The van der Waals surface area contributed by atoms with Gasteiger partial charge in [0.25, 0.3) is 0 Å². The van der Waals surface area contributed by atoms with Gasteiger partial charge in [0.1, 0.15) is 17.9 Å². The summed E-state index contributed by atoms with van der Waals surface area (Å²) in [4.78, 5) is 28.3. The van der Waals surface area contributed by atoms with Crippen LogP contribution in [0, 0.1) is 0 Å². The van der Waals surface area contributed by atoms with E-state index < -0.39 is 11.5 Å². The molecule has 2 N–H and O–H groups in total. The Morgan fingerprint density at radius 3 is 2.74 bits per heavy atom. The first-order chi connectivity index (χ1) is 11.1. The highest BCUT2D eigenvalue weighted by Crippen LogP contribution is 2.32. The fourth-order valence-corrected chi connectivity index (χ4v) is 3.39. The lowest BCUT2D eigenvalue weighted by atomic mass is 9.77. The van der Waals surface area contributed by atoms with Crippen molar-refractivity contribution >= 4 is 34.7 Å². The lowest BCUT2D eigenvalue weighted by molar-refractivity contribution is -0.151. The summed E-state index contributed by atoms with van der Waals surface area (Å²) in [6.45, 7) is 0.0887. The van der Waals surface area contributed by atoms with Crippen LogP contribution in [0.25, 0.3) is 11.0 Å². The van der Waals surface area contributed by atoms with Gasteiger partial charge in [0.05, 0.1) is 16.8 Å². The molecule has 0 spiro atoms. The van der Waals surface area contributed by atoms with E-state index in [1.54, 1.807) is 11.8 Å². The van der Waals surface area contributed by atoms with Crippen LogP contribution in [0.15, 0.2) is 24.3 Å². The summed E-state index contributed by atoms with van der Waals surface area (Å²) in [7, 11) is 0. The van der Waals surface area contributed by atoms with Gasteiger partial charge in [-0.05, 0) is 37.7 Å². The number of carbonyl (C=O) groups excluding carboxylic acids is 1. The smallest absolute Gasteiger partial charge is 0.329 e. The molecule has 0 saturated heterocycles. The molecule has 1 aromatic carbocycles.